The molecule has 7 heteroatoms. The lowest BCUT2D eigenvalue weighted by molar-refractivity contribution is 0.275. The lowest BCUT2D eigenvalue weighted by Gasteiger charge is -2.26. The molecule has 3 N–H and O–H groups in total. The highest BCUT2D eigenvalue weighted by Crippen LogP contribution is 2.34. The van der Waals surface area contributed by atoms with E-state index in [1.807, 2.05) is 84.9 Å². The molecule has 4 rings (SSSR count). The third-order valence-corrected chi connectivity index (χ3v) is 5.11. The molecule has 0 aromatic heterocycles. The molecule has 0 bridgehead atoms. The SMILES string of the molecule is CC(C)(c1ccc(Oc2ccccc2)cc1)c1ccc(Oc2ccccc2)cc1.O=P(O)(O)O. The summed E-state index contributed by atoms with van der Waals surface area (Å²) in [5, 5.41) is 0. The molecule has 4 aromatic rings. The Hall–Kier alpha value is -3.41. The summed E-state index contributed by atoms with van der Waals surface area (Å²) in [5.74, 6) is 3.35. The van der Waals surface area contributed by atoms with Gasteiger partial charge in [0.1, 0.15) is 23.0 Å². The summed E-state index contributed by atoms with van der Waals surface area (Å²) in [5.41, 5.74) is 2.33. The van der Waals surface area contributed by atoms with Crippen molar-refractivity contribution in [1.29, 1.82) is 0 Å². The normalized spacial score (nSPS) is 11.2. The second kappa shape index (κ2) is 11.1. The van der Waals surface area contributed by atoms with Gasteiger partial charge in [0.2, 0.25) is 0 Å². The average Bonchev–Trinajstić information content (AvgIpc) is 2.80. The van der Waals surface area contributed by atoms with E-state index >= 15 is 0 Å². The maximum atomic E-state index is 8.88. The highest BCUT2D eigenvalue weighted by atomic mass is 31.2. The highest BCUT2D eigenvalue weighted by molar-refractivity contribution is 7.45. The fraction of sp³-hybridized carbons (Fsp3) is 0.111. The predicted molar refractivity (Wildman–Crippen MR) is 132 cm³/mol. The molecule has 0 heterocycles. The largest absolute Gasteiger partial charge is 0.466 e. The maximum absolute atomic E-state index is 8.88. The molecule has 0 amide bonds. The van der Waals surface area contributed by atoms with Crippen molar-refractivity contribution in [1.82, 2.24) is 0 Å². The number of rotatable bonds is 6. The van der Waals surface area contributed by atoms with Crippen molar-refractivity contribution in [3.8, 4) is 23.0 Å². The van der Waals surface area contributed by atoms with Gasteiger partial charge in [-0.25, -0.2) is 4.57 Å². The number of para-hydroxylation sites is 2. The van der Waals surface area contributed by atoms with Crippen LogP contribution in [0.15, 0.2) is 109 Å². The van der Waals surface area contributed by atoms with Crippen LogP contribution in [0.1, 0.15) is 25.0 Å². The summed E-state index contributed by atoms with van der Waals surface area (Å²) in [7, 11) is -4.64. The van der Waals surface area contributed by atoms with Crippen molar-refractivity contribution in [2.24, 2.45) is 0 Å². The van der Waals surface area contributed by atoms with Gasteiger partial charge in [-0.2, -0.15) is 0 Å². The van der Waals surface area contributed by atoms with E-state index in [1.54, 1.807) is 0 Å². The van der Waals surface area contributed by atoms with Crippen LogP contribution < -0.4 is 9.47 Å². The Morgan fingerprint density at radius 3 is 1.09 bits per heavy atom. The molecule has 0 fully saturated rings. The van der Waals surface area contributed by atoms with E-state index in [1.165, 1.54) is 11.1 Å². The van der Waals surface area contributed by atoms with E-state index in [0.717, 1.165) is 23.0 Å². The molecule has 0 aliphatic heterocycles. The van der Waals surface area contributed by atoms with E-state index < -0.39 is 7.82 Å². The molecule has 0 aliphatic rings. The van der Waals surface area contributed by atoms with Gasteiger partial charge in [-0.05, 0) is 59.7 Å². The Balaban J connectivity index is 0.000000588. The Morgan fingerprint density at radius 1 is 0.529 bits per heavy atom. The van der Waals surface area contributed by atoms with Crippen molar-refractivity contribution in [3.05, 3.63) is 120 Å². The third kappa shape index (κ3) is 7.87. The van der Waals surface area contributed by atoms with Crippen LogP contribution in [0.3, 0.4) is 0 Å². The van der Waals surface area contributed by atoms with Gasteiger partial charge >= 0.3 is 7.82 Å². The fourth-order valence-electron chi connectivity index (χ4n) is 3.30. The molecule has 0 spiro atoms. The minimum atomic E-state index is -4.64. The van der Waals surface area contributed by atoms with Crippen molar-refractivity contribution in [2.75, 3.05) is 0 Å². The summed E-state index contributed by atoms with van der Waals surface area (Å²) < 4.78 is 20.7. The van der Waals surface area contributed by atoms with E-state index in [0.29, 0.717) is 0 Å². The Kier molecular flexibility index (Phi) is 8.26. The molecular formula is C27H27O6P. The zero-order chi connectivity index (χ0) is 24.6. The monoisotopic (exact) mass is 478 g/mol. The highest BCUT2D eigenvalue weighted by Gasteiger charge is 2.23. The predicted octanol–water partition coefficient (Wildman–Crippen LogP) is 6.67. The van der Waals surface area contributed by atoms with Gasteiger partial charge in [-0.1, -0.05) is 74.5 Å². The van der Waals surface area contributed by atoms with Gasteiger partial charge in [0.15, 0.2) is 0 Å². The lowest BCUT2D eigenvalue weighted by Crippen LogP contribution is -2.18. The van der Waals surface area contributed by atoms with Crippen LogP contribution in [0.4, 0.5) is 0 Å². The molecule has 0 unspecified atom stereocenters. The molecule has 0 saturated heterocycles. The summed E-state index contributed by atoms with van der Waals surface area (Å²) >= 11 is 0. The van der Waals surface area contributed by atoms with Crippen LogP contribution in [0.2, 0.25) is 0 Å². The van der Waals surface area contributed by atoms with Crippen LogP contribution in [-0.4, -0.2) is 14.7 Å². The van der Waals surface area contributed by atoms with Crippen LogP contribution >= 0.6 is 7.82 Å². The minimum Gasteiger partial charge on any atom is -0.457 e. The number of hydrogen-bond donors (Lipinski definition) is 3. The number of hydrogen-bond acceptors (Lipinski definition) is 3. The van der Waals surface area contributed by atoms with Crippen LogP contribution in [0, 0.1) is 0 Å². The molecule has 0 saturated carbocycles. The summed E-state index contributed by atoms with van der Waals surface area (Å²) in [6.45, 7) is 4.46. The third-order valence-electron chi connectivity index (χ3n) is 5.11. The maximum Gasteiger partial charge on any atom is 0.466 e. The molecule has 34 heavy (non-hydrogen) atoms. The molecule has 0 aliphatic carbocycles. The smallest absolute Gasteiger partial charge is 0.457 e. The van der Waals surface area contributed by atoms with Crippen LogP contribution in [0.25, 0.3) is 0 Å². The van der Waals surface area contributed by atoms with Crippen molar-refractivity contribution < 1.29 is 28.7 Å². The van der Waals surface area contributed by atoms with Gasteiger partial charge in [0, 0.05) is 5.41 Å². The van der Waals surface area contributed by atoms with Crippen molar-refractivity contribution in [2.45, 2.75) is 19.3 Å². The second-order valence-corrected chi connectivity index (χ2v) is 9.04. The summed E-state index contributed by atoms with van der Waals surface area (Å²) in [4.78, 5) is 21.6. The zero-order valence-electron chi connectivity index (χ0n) is 18.9. The Labute approximate surface area is 199 Å². The van der Waals surface area contributed by atoms with Crippen molar-refractivity contribution >= 4 is 7.82 Å². The van der Waals surface area contributed by atoms with Crippen LogP contribution in [0.5, 0.6) is 23.0 Å². The first-order chi connectivity index (χ1) is 16.1. The van der Waals surface area contributed by atoms with Gasteiger partial charge in [-0.3, -0.25) is 0 Å². The molecule has 0 atom stereocenters. The van der Waals surface area contributed by atoms with E-state index in [9.17, 15) is 0 Å². The Bertz CT molecular complexity index is 1110. The summed E-state index contributed by atoms with van der Waals surface area (Å²) in [6.07, 6.45) is 0. The zero-order valence-corrected chi connectivity index (χ0v) is 19.8. The summed E-state index contributed by atoms with van der Waals surface area (Å²) in [6, 6.07) is 36.3. The molecule has 6 nitrogen and oxygen atoms in total. The molecule has 4 aromatic carbocycles. The molecule has 176 valence electrons. The number of benzene rings is 4. The van der Waals surface area contributed by atoms with E-state index in [-0.39, 0.29) is 5.41 Å². The topological polar surface area (TPSA) is 96.2 Å². The standard InChI is InChI=1S/C27H24O2.H3O4P/c1-27(2,21-13-17-25(18-14-21)28-23-9-5-3-6-10-23)22-15-19-26(20-16-22)29-24-11-7-4-8-12-24;1-5(2,3)4/h3-20H,1-2H3;(H3,1,2,3,4). The first-order valence-corrected chi connectivity index (χ1v) is 12.1. The van der Waals surface area contributed by atoms with Gasteiger partial charge in [0.05, 0.1) is 0 Å². The van der Waals surface area contributed by atoms with Gasteiger partial charge in [0.25, 0.3) is 0 Å². The number of ether oxygens (including phenoxy) is 2. The van der Waals surface area contributed by atoms with E-state index in [4.69, 9.17) is 28.7 Å². The fourth-order valence-corrected chi connectivity index (χ4v) is 3.30. The van der Waals surface area contributed by atoms with Crippen LogP contribution in [-0.2, 0) is 9.98 Å². The van der Waals surface area contributed by atoms with Gasteiger partial charge < -0.3 is 24.2 Å². The Morgan fingerprint density at radius 2 is 0.794 bits per heavy atom. The van der Waals surface area contributed by atoms with Crippen molar-refractivity contribution in [3.63, 3.8) is 0 Å². The average molecular weight is 478 g/mol. The molecular weight excluding hydrogens is 451 g/mol. The second-order valence-electron chi connectivity index (χ2n) is 8.02. The molecule has 0 radical (unpaired) electrons. The van der Waals surface area contributed by atoms with Gasteiger partial charge in [-0.15, -0.1) is 0 Å². The quantitative estimate of drug-likeness (QED) is 0.268. The first-order valence-electron chi connectivity index (χ1n) is 10.6. The van der Waals surface area contributed by atoms with E-state index in [2.05, 4.69) is 38.1 Å². The minimum absolute atomic E-state index is 0.128. The lowest BCUT2D eigenvalue weighted by atomic mass is 9.78. The number of phosphoric acid groups is 1. The first kappa shape index (κ1) is 25.2.